The number of benzene rings is 3. The van der Waals surface area contributed by atoms with Gasteiger partial charge in [0.1, 0.15) is 5.37 Å². The second-order valence-corrected chi connectivity index (χ2v) is 10.8. The summed E-state index contributed by atoms with van der Waals surface area (Å²) in [5.41, 5.74) is 3.85. The van der Waals surface area contributed by atoms with Crippen molar-refractivity contribution < 1.29 is 9.59 Å². The first-order valence-corrected chi connectivity index (χ1v) is 13.8. The number of carbonyl (C=O) groups excluding carboxylic acids is 2. The van der Waals surface area contributed by atoms with E-state index in [2.05, 4.69) is 5.32 Å². The minimum absolute atomic E-state index is 0.0393. The summed E-state index contributed by atoms with van der Waals surface area (Å²) in [6.45, 7) is 1.16. The molecule has 0 saturated carbocycles. The second kappa shape index (κ2) is 12.0. The molecule has 1 aliphatic heterocycles. The maximum absolute atomic E-state index is 12.5. The van der Waals surface area contributed by atoms with Gasteiger partial charge >= 0.3 is 0 Å². The average Bonchev–Trinajstić information content (AvgIpc) is 3.21. The summed E-state index contributed by atoms with van der Waals surface area (Å²) in [6, 6.07) is 23.2. The standard InChI is InChI=1S/C26H24Cl2N2O2S2/c27-22-11-6-19(14-23(22)28)16-33-13-12-29-25(32)20-7-9-21(10-8-20)26-30(24(31)17-34-26)15-18-4-2-1-3-5-18/h1-11,14,26H,12-13,15-17H2,(H,29,32)/t26-/m1/s1. The Labute approximate surface area is 218 Å². The molecule has 2 amide bonds. The van der Waals surface area contributed by atoms with E-state index < -0.39 is 0 Å². The van der Waals surface area contributed by atoms with E-state index in [1.54, 1.807) is 29.6 Å². The van der Waals surface area contributed by atoms with Crippen LogP contribution in [0.25, 0.3) is 0 Å². The molecular weight excluding hydrogens is 507 g/mol. The summed E-state index contributed by atoms with van der Waals surface area (Å²) in [5.74, 6) is 2.11. The SMILES string of the molecule is O=C(NCCSCc1ccc(Cl)c(Cl)c1)c1ccc([C@H]2SCC(=O)N2Cc2ccccc2)cc1. The Hall–Kier alpha value is -2.12. The molecule has 34 heavy (non-hydrogen) atoms. The third-order valence-corrected chi connectivity index (χ3v) is 8.43. The van der Waals surface area contributed by atoms with Gasteiger partial charge in [0.15, 0.2) is 0 Å². The van der Waals surface area contributed by atoms with Gasteiger partial charge in [0.2, 0.25) is 5.91 Å². The van der Waals surface area contributed by atoms with E-state index in [0.717, 1.165) is 28.2 Å². The molecular formula is C26H24Cl2N2O2S2. The van der Waals surface area contributed by atoms with Crippen molar-refractivity contribution >= 4 is 58.5 Å². The number of amides is 2. The maximum atomic E-state index is 12.5. The van der Waals surface area contributed by atoms with E-state index in [4.69, 9.17) is 23.2 Å². The number of hydrogen-bond donors (Lipinski definition) is 1. The number of carbonyl (C=O) groups is 2. The lowest BCUT2D eigenvalue weighted by molar-refractivity contribution is -0.128. The van der Waals surface area contributed by atoms with E-state index in [9.17, 15) is 9.59 Å². The predicted molar refractivity (Wildman–Crippen MR) is 144 cm³/mol. The number of nitrogens with zero attached hydrogens (tertiary/aromatic N) is 1. The molecule has 176 valence electrons. The van der Waals surface area contributed by atoms with Gasteiger partial charge in [0.05, 0.1) is 15.8 Å². The lowest BCUT2D eigenvalue weighted by atomic mass is 10.1. The molecule has 1 fully saturated rings. The van der Waals surface area contributed by atoms with Crippen molar-refractivity contribution in [2.24, 2.45) is 0 Å². The van der Waals surface area contributed by atoms with Gasteiger partial charge in [-0.1, -0.05) is 71.7 Å². The van der Waals surface area contributed by atoms with Crippen molar-refractivity contribution in [3.8, 4) is 0 Å². The van der Waals surface area contributed by atoms with E-state index in [0.29, 0.717) is 34.5 Å². The molecule has 8 heteroatoms. The maximum Gasteiger partial charge on any atom is 0.251 e. The van der Waals surface area contributed by atoms with Crippen LogP contribution in [-0.4, -0.2) is 34.8 Å². The zero-order chi connectivity index (χ0) is 23.9. The van der Waals surface area contributed by atoms with Crippen LogP contribution in [0.2, 0.25) is 10.0 Å². The molecule has 0 aliphatic carbocycles. The van der Waals surface area contributed by atoms with Crippen LogP contribution in [0.15, 0.2) is 72.8 Å². The summed E-state index contributed by atoms with van der Waals surface area (Å²) >= 11 is 15.3. The molecule has 3 aromatic carbocycles. The van der Waals surface area contributed by atoms with Crippen LogP contribution in [0.5, 0.6) is 0 Å². The minimum atomic E-state index is -0.0991. The molecule has 0 aromatic heterocycles. The van der Waals surface area contributed by atoms with Gasteiger partial charge in [-0.15, -0.1) is 11.8 Å². The topological polar surface area (TPSA) is 49.4 Å². The Morgan fingerprint density at radius 1 is 1.00 bits per heavy atom. The van der Waals surface area contributed by atoms with Gasteiger partial charge in [-0.3, -0.25) is 9.59 Å². The molecule has 1 N–H and O–H groups in total. The lowest BCUT2D eigenvalue weighted by Gasteiger charge is -2.24. The summed E-state index contributed by atoms with van der Waals surface area (Å²) < 4.78 is 0. The van der Waals surface area contributed by atoms with Crippen LogP contribution in [0, 0.1) is 0 Å². The Morgan fingerprint density at radius 3 is 2.50 bits per heavy atom. The third-order valence-electron chi connectivity index (χ3n) is 5.41. The molecule has 3 aromatic rings. The fourth-order valence-corrected chi connectivity index (χ4v) is 5.95. The van der Waals surface area contributed by atoms with Crippen LogP contribution in [0.3, 0.4) is 0 Å². The van der Waals surface area contributed by atoms with E-state index in [1.807, 2.05) is 71.6 Å². The number of thioether (sulfide) groups is 2. The summed E-state index contributed by atoms with van der Waals surface area (Å²) in [5, 5.41) is 4.03. The molecule has 4 nitrogen and oxygen atoms in total. The Kier molecular flexibility index (Phi) is 8.84. The van der Waals surface area contributed by atoms with Crippen molar-refractivity contribution in [3.63, 3.8) is 0 Å². The summed E-state index contributed by atoms with van der Waals surface area (Å²) in [4.78, 5) is 26.9. The fourth-order valence-electron chi connectivity index (χ4n) is 3.64. The number of halogens is 2. The van der Waals surface area contributed by atoms with Gasteiger partial charge in [-0.25, -0.2) is 0 Å². The van der Waals surface area contributed by atoms with Crippen molar-refractivity contribution in [1.82, 2.24) is 10.2 Å². The minimum Gasteiger partial charge on any atom is -0.351 e. The average molecular weight is 532 g/mol. The zero-order valence-corrected chi connectivity index (χ0v) is 21.5. The Bertz CT molecular complexity index is 1140. The largest absolute Gasteiger partial charge is 0.351 e. The van der Waals surface area contributed by atoms with Crippen molar-refractivity contribution in [2.75, 3.05) is 18.1 Å². The number of hydrogen-bond acceptors (Lipinski definition) is 4. The van der Waals surface area contributed by atoms with Crippen LogP contribution < -0.4 is 5.32 Å². The molecule has 0 spiro atoms. The summed E-state index contributed by atoms with van der Waals surface area (Å²) in [6.07, 6.45) is 0. The quantitative estimate of drug-likeness (QED) is 0.324. The van der Waals surface area contributed by atoms with Crippen molar-refractivity contribution in [1.29, 1.82) is 0 Å². The molecule has 0 bridgehead atoms. The predicted octanol–water partition coefficient (Wildman–Crippen LogP) is 6.43. The van der Waals surface area contributed by atoms with E-state index in [1.165, 1.54) is 0 Å². The number of nitrogens with one attached hydrogen (secondary N) is 1. The molecule has 1 atom stereocenters. The molecule has 1 heterocycles. The van der Waals surface area contributed by atoms with Crippen LogP contribution in [0.4, 0.5) is 0 Å². The highest BCUT2D eigenvalue weighted by Gasteiger charge is 2.32. The van der Waals surface area contributed by atoms with Crippen molar-refractivity contribution in [3.05, 3.63) is 105 Å². The van der Waals surface area contributed by atoms with Gasteiger partial charge in [-0.2, -0.15) is 11.8 Å². The highest BCUT2D eigenvalue weighted by atomic mass is 35.5. The highest BCUT2D eigenvalue weighted by Crippen LogP contribution is 2.39. The van der Waals surface area contributed by atoms with Crippen LogP contribution in [0.1, 0.15) is 32.4 Å². The molecule has 1 aliphatic rings. The Morgan fingerprint density at radius 2 is 1.76 bits per heavy atom. The second-order valence-electron chi connectivity index (χ2n) is 7.85. The van der Waals surface area contributed by atoms with Crippen LogP contribution in [-0.2, 0) is 17.1 Å². The first-order valence-electron chi connectivity index (χ1n) is 10.9. The molecule has 0 unspecified atom stereocenters. The van der Waals surface area contributed by atoms with E-state index in [-0.39, 0.29) is 17.2 Å². The van der Waals surface area contributed by atoms with Gasteiger partial charge in [0, 0.05) is 30.2 Å². The Balaban J connectivity index is 1.26. The number of rotatable bonds is 9. The zero-order valence-electron chi connectivity index (χ0n) is 18.4. The third kappa shape index (κ3) is 6.51. The first kappa shape index (κ1) is 25.0. The lowest BCUT2D eigenvalue weighted by Crippen LogP contribution is -2.28. The summed E-state index contributed by atoms with van der Waals surface area (Å²) in [7, 11) is 0. The van der Waals surface area contributed by atoms with Gasteiger partial charge in [-0.05, 0) is 41.0 Å². The highest BCUT2D eigenvalue weighted by molar-refractivity contribution is 8.00. The fraction of sp³-hybridized carbons (Fsp3) is 0.231. The molecule has 4 rings (SSSR count). The van der Waals surface area contributed by atoms with Gasteiger partial charge < -0.3 is 10.2 Å². The van der Waals surface area contributed by atoms with E-state index >= 15 is 0 Å². The van der Waals surface area contributed by atoms with Crippen molar-refractivity contribution in [2.45, 2.75) is 17.7 Å². The van der Waals surface area contributed by atoms with Crippen LogP contribution >= 0.6 is 46.7 Å². The normalized spacial score (nSPS) is 15.5. The van der Waals surface area contributed by atoms with Gasteiger partial charge in [0.25, 0.3) is 5.91 Å². The molecule has 0 radical (unpaired) electrons. The molecule has 1 saturated heterocycles. The first-order chi connectivity index (χ1) is 16.5. The smallest absolute Gasteiger partial charge is 0.251 e. The monoisotopic (exact) mass is 530 g/mol.